The minimum Gasteiger partial charge on any atom is -0.491 e. The largest absolute Gasteiger partial charge is 0.491 e. The lowest BCUT2D eigenvalue weighted by atomic mass is 10.2. The Bertz CT molecular complexity index is 802. The number of benzene rings is 1. The third-order valence-corrected chi connectivity index (χ3v) is 3.37. The maximum Gasteiger partial charge on any atom is 0.186 e. The predicted octanol–water partition coefficient (Wildman–Crippen LogP) is 1.52. The Balaban J connectivity index is 1.57. The van der Waals surface area contributed by atoms with Crippen LogP contribution < -0.4 is 10.1 Å². The summed E-state index contributed by atoms with van der Waals surface area (Å²) in [6.07, 6.45) is 2.64. The van der Waals surface area contributed by atoms with Gasteiger partial charge in [-0.2, -0.15) is 5.10 Å². The highest BCUT2D eigenvalue weighted by atomic mass is 16.5. The number of ether oxygens (including phenoxy) is 1. The maximum absolute atomic E-state index is 10.1. The van der Waals surface area contributed by atoms with Crippen LogP contribution in [0.4, 0.5) is 5.82 Å². The molecule has 0 aliphatic heterocycles. The number of fused-ring (bicyclic) bond motifs is 1. The summed E-state index contributed by atoms with van der Waals surface area (Å²) in [5.41, 5.74) is 1.74. The highest BCUT2D eigenvalue weighted by Gasteiger charge is 2.10. The molecule has 2 heterocycles. The van der Waals surface area contributed by atoms with Gasteiger partial charge in [0.15, 0.2) is 5.65 Å². The molecule has 0 bridgehead atoms. The number of nitrogens with zero attached hydrogens (tertiary/aromatic N) is 4. The molecule has 0 amide bonds. The van der Waals surface area contributed by atoms with Gasteiger partial charge in [0.1, 0.15) is 30.6 Å². The van der Waals surface area contributed by atoms with Crippen LogP contribution in [0.25, 0.3) is 11.0 Å². The molecule has 7 heteroatoms. The molecule has 7 nitrogen and oxygen atoms in total. The molecule has 1 atom stereocenters. The molecule has 0 aliphatic carbocycles. The molecule has 120 valence electrons. The maximum atomic E-state index is 10.1. The van der Waals surface area contributed by atoms with Gasteiger partial charge in [-0.15, -0.1) is 0 Å². The molecule has 3 rings (SSSR count). The van der Waals surface area contributed by atoms with Gasteiger partial charge < -0.3 is 15.2 Å². The van der Waals surface area contributed by atoms with Gasteiger partial charge in [-0.05, 0) is 24.6 Å². The Kier molecular flexibility index (Phi) is 4.38. The lowest BCUT2D eigenvalue weighted by Gasteiger charge is -2.14. The summed E-state index contributed by atoms with van der Waals surface area (Å²) in [6.45, 7) is 2.53. The third kappa shape index (κ3) is 3.75. The van der Waals surface area contributed by atoms with E-state index in [0.29, 0.717) is 18.0 Å². The van der Waals surface area contributed by atoms with Gasteiger partial charge in [-0.3, -0.25) is 4.68 Å². The molecule has 3 aromatic rings. The zero-order valence-corrected chi connectivity index (χ0v) is 13.1. The molecule has 0 spiro atoms. The molecule has 0 fully saturated rings. The first-order chi connectivity index (χ1) is 11.1. The van der Waals surface area contributed by atoms with E-state index in [2.05, 4.69) is 20.4 Å². The second-order valence-corrected chi connectivity index (χ2v) is 5.42. The highest BCUT2D eigenvalue weighted by Crippen LogP contribution is 2.17. The Morgan fingerprint density at radius 1 is 1.35 bits per heavy atom. The average molecular weight is 313 g/mol. The first-order valence-electron chi connectivity index (χ1n) is 7.37. The van der Waals surface area contributed by atoms with Gasteiger partial charge in [0, 0.05) is 19.8 Å². The van der Waals surface area contributed by atoms with E-state index in [1.165, 1.54) is 6.33 Å². The molecule has 0 aliphatic rings. The zero-order valence-electron chi connectivity index (χ0n) is 13.1. The van der Waals surface area contributed by atoms with Crippen LogP contribution in [0.5, 0.6) is 5.75 Å². The fourth-order valence-electron chi connectivity index (χ4n) is 2.26. The number of aryl methyl sites for hydroxylation is 2. The monoisotopic (exact) mass is 313 g/mol. The summed E-state index contributed by atoms with van der Waals surface area (Å²) in [6, 6.07) is 7.73. The SMILES string of the molecule is Cc1cccc(OCC(O)CNc2ncnc3nn(C)cc23)c1. The average Bonchev–Trinajstić information content (AvgIpc) is 2.91. The molecule has 0 radical (unpaired) electrons. The minimum absolute atomic E-state index is 0.206. The summed E-state index contributed by atoms with van der Waals surface area (Å²) < 4.78 is 7.27. The van der Waals surface area contributed by atoms with Gasteiger partial charge in [0.05, 0.1) is 5.39 Å². The first-order valence-corrected chi connectivity index (χ1v) is 7.37. The fourth-order valence-corrected chi connectivity index (χ4v) is 2.26. The summed E-state index contributed by atoms with van der Waals surface area (Å²) in [5, 5.41) is 18.2. The van der Waals surface area contributed by atoms with E-state index in [4.69, 9.17) is 4.74 Å². The van der Waals surface area contributed by atoms with E-state index < -0.39 is 6.10 Å². The van der Waals surface area contributed by atoms with Crippen molar-refractivity contribution in [2.75, 3.05) is 18.5 Å². The van der Waals surface area contributed by atoms with Gasteiger partial charge in [0.2, 0.25) is 0 Å². The Labute approximate surface area is 133 Å². The van der Waals surface area contributed by atoms with Crippen molar-refractivity contribution in [1.29, 1.82) is 0 Å². The van der Waals surface area contributed by atoms with Gasteiger partial charge >= 0.3 is 0 Å². The van der Waals surface area contributed by atoms with E-state index in [1.54, 1.807) is 4.68 Å². The molecule has 23 heavy (non-hydrogen) atoms. The van der Waals surface area contributed by atoms with Crippen LogP contribution in [0.3, 0.4) is 0 Å². The minimum atomic E-state index is -0.655. The van der Waals surface area contributed by atoms with Crippen molar-refractivity contribution in [2.24, 2.45) is 7.05 Å². The number of rotatable bonds is 6. The van der Waals surface area contributed by atoms with Crippen molar-refractivity contribution in [3.63, 3.8) is 0 Å². The van der Waals surface area contributed by atoms with Crippen molar-refractivity contribution in [3.8, 4) is 5.75 Å². The van der Waals surface area contributed by atoms with Gasteiger partial charge in [-0.1, -0.05) is 12.1 Å². The molecule has 1 unspecified atom stereocenters. The summed E-state index contributed by atoms with van der Waals surface area (Å²) >= 11 is 0. The van der Waals surface area contributed by atoms with Crippen LogP contribution in [0.2, 0.25) is 0 Å². The normalized spacial score (nSPS) is 12.3. The number of nitrogens with one attached hydrogen (secondary N) is 1. The Morgan fingerprint density at radius 2 is 2.22 bits per heavy atom. The van der Waals surface area contributed by atoms with E-state index >= 15 is 0 Å². The number of aliphatic hydroxyl groups excluding tert-OH is 1. The molecule has 0 saturated heterocycles. The van der Waals surface area contributed by atoms with Crippen molar-refractivity contribution in [1.82, 2.24) is 19.7 Å². The molecule has 2 aromatic heterocycles. The second-order valence-electron chi connectivity index (χ2n) is 5.42. The zero-order chi connectivity index (χ0) is 16.2. The van der Waals surface area contributed by atoms with Gasteiger partial charge in [-0.25, -0.2) is 9.97 Å². The molecule has 2 N–H and O–H groups in total. The lowest BCUT2D eigenvalue weighted by molar-refractivity contribution is 0.117. The fraction of sp³-hybridized carbons (Fsp3) is 0.312. The number of hydrogen-bond acceptors (Lipinski definition) is 6. The molecular weight excluding hydrogens is 294 g/mol. The topological polar surface area (TPSA) is 85.1 Å². The quantitative estimate of drug-likeness (QED) is 0.718. The van der Waals surface area contributed by atoms with E-state index in [1.807, 2.05) is 44.4 Å². The van der Waals surface area contributed by atoms with Crippen LogP contribution in [-0.4, -0.2) is 44.1 Å². The summed E-state index contributed by atoms with van der Waals surface area (Å²) in [4.78, 5) is 8.30. The second kappa shape index (κ2) is 6.62. The molecular formula is C16H19N5O2. The van der Waals surface area contributed by atoms with Crippen LogP contribution in [0.1, 0.15) is 5.56 Å². The Morgan fingerprint density at radius 3 is 3.04 bits per heavy atom. The van der Waals surface area contributed by atoms with Crippen LogP contribution >= 0.6 is 0 Å². The highest BCUT2D eigenvalue weighted by molar-refractivity contribution is 5.85. The number of hydrogen-bond donors (Lipinski definition) is 2. The lowest BCUT2D eigenvalue weighted by Crippen LogP contribution is -2.26. The molecule has 0 saturated carbocycles. The van der Waals surface area contributed by atoms with Crippen LogP contribution in [0, 0.1) is 6.92 Å². The Hall–Kier alpha value is -2.67. The predicted molar refractivity (Wildman–Crippen MR) is 87.5 cm³/mol. The van der Waals surface area contributed by atoms with Crippen molar-refractivity contribution in [3.05, 3.63) is 42.4 Å². The van der Waals surface area contributed by atoms with Crippen LogP contribution in [0.15, 0.2) is 36.8 Å². The summed E-state index contributed by atoms with van der Waals surface area (Å²) in [5.74, 6) is 1.40. The van der Waals surface area contributed by atoms with Crippen LogP contribution in [-0.2, 0) is 7.05 Å². The summed E-state index contributed by atoms with van der Waals surface area (Å²) in [7, 11) is 1.83. The smallest absolute Gasteiger partial charge is 0.186 e. The van der Waals surface area contributed by atoms with E-state index in [-0.39, 0.29) is 6.61 Å². The van der Waals surface area contributed by atoms with Gasteiger partial charge in [0.25, 0.3) is 0 Å². The van der Waals surface area contributed by atoms with Crippen molar-refractivity contribution < 1.29 is 9.84 Å². The number of anilines is 1. The third-order valence-electron chi connectivity index (χ3n) is 3.37. The number of aromatic nitrogens is 4. The van der Waals surface area contributed by atoms with Crippen molar-refractivity contribution in [2.45, 2.75) is 13.0 Å². The first kappa shape index (κ1) is 15.2. The van der Waals surface area contributed by atoms with E-state index in [9.17, 15) is 5.11 Å². The standard InChI is InChI=1S/C16H19N5O2/c1-11-4-3-5-13(6-11)23-9-12(22)7-17-15-14-8-21(2)20-16(14)19-10-18-15/h3-6,8,10,12,22H,7,9H2,1-2H3,(H,17,18,19,20). The van der Waals surface area contributed by atoms with E-state index in [0.717, 1.165) is 16.7 Å². The number of aliphatic hydroxyl groups is 1. The molecule has 1 aromatic carbocycles. The van der Waals surface area contributed by atoms with Crippen molar-refractivity contribution >= 4 is 16.9 Å².